The van der Waals surface area contributed by atoms with E-state index in [4.69, 9.17) is 0 Å². The van der Waals surface area contributed by atoms with Crippen LogP contribution in [0.15, 0.2) is 58.2 Å². The quantitative estimate of drug-likeness (QED) is 0.717. The predicted octanol–water partition coefficient (Wildman–Crippen LogP) is 3.52. The Morgan fingerprint density at radius 1 is 1.14 bits per heavy atom. The summed E-state index contributed by atoms with van der Waals surface area (Å²) in [6.07, 6.45) is 2.18. The number of hydrogen-bond acceptors (Lipinski definition) is 4. The lowest BCUT2D eigenvalue weighted by Crippen LogP contribution is -2.23. The van der Waals surface area contributed by atoms with Crippen molar-refractivity contribution >= 4 is 20.7 Å². The Morgan fingerprint density at radius 2 is 1.89 bits per heavy atom. The highest BCUT2D eigenvalue weighted by Gasteiger charge is 2.28. The maximum atomic E-state index is 12.1. The van der Waals surface area contributed by atoms with Crippen molar-refractivity contribution in [3.8, 4) is 6.07 Å². The van der Waals surface area contributed by atoms with Crippen molar-refractivity contribution in [2.24, 2.45) is 0 Å². The van der Waals surface area contributed by atoms with Crippen LogP contribution in [-0.2, 0) is 28.1 Å². The fourth-order valence-corrected chi connectivity index (χ4v) is 4.04. The second-order valence-electron chi connectivity index (χ2n) is 7.32. The molecule has 28 heavy (non-hydrogen) atoms. The molecule has 1 aromatic heterocycles. The van der Waals surface area contributed by atoms with Crippen LogP contribution in [0.1, 0.15) is 30.5 Å². The number of sulfone groups is 1. The normalized spacial score (nSPS) is 13.8. The third-order valence-corrected chi connectivity index (χ3v) is 6.18. The topological polar surface area (TPSA) is 90.8 Å². The van der Waals surface area contributed by atoms with Crippen LogP contribution in [-0.4, -0.2) is 19.7 Å². The summed E-state index contributed by atoms with van der Waals surface area (Å²) in [6, 6.07) is 16.5. The zero-order valence-electron chi connectivity index (χ0n) is 16.1. The van der Waals surface area contributed by atoms with Gasteiger partial charge in [-0.1, -0.05) is 31.2 Å². The lowest BCUT2D eigenvalue weighted by atomic mass is 9.78. The summed E-state index contributed by atoms with van der Waals surface area (Å²) in [7, 11) is -3.32. The van der Waals surface area contributed by atoms with E-state index < -0.39 is 15.3 Å². The van der Waals surface area contributed by atoms with Crippen LogP contribution >= 0.6 is 0 Å². The highest BCUT2D eigenvalue weighted by Crippen LogP contribution is 2.30. The van der Waals surface area contributed by atoms with E-state index in [2.05, 4.69) is 11.1 Å². The summed E-state index contributed by atoms with van der Waals surface area (Å²) >= 11 is 0. The monoisotopic (exact) mass is 394 g/mol. The van der Waals surface area contributed by atoms with E-state index in [1.165, 1.54) is 6.26 Å². The third kappa shape index (κ3) is 3.85. The van der Waals surface area contributed by atoms with Crippen molar-refractivity contribution in [1.29, 1.82) is 5.26 Å². The maximum Gasteiger partial charge on any atom is 0.251 e. The Kier molecular flexibility index (Phi) is 5.14. The molecule has 1 atom stereocenters. The predicted molar refractivity (Wildman–Crippen MR) is 110 cm³/mol. The molecule has 5 nitrogen and oxygen atoms in total. The van der Waals surface area contributed by atoms with E-state index in [1.807, 2.05) is 44.2 Å². The van der Waals surface area contributed by atoms with Gasteiger partial charge in [0.25, 0.3) is 5.56 Å². The van der Waals surface area contributed by atoms with Gasteiger partial charge in [-0.2, -0.15) is 5.26 Å². The Morgan fingerprint density at radius 3 is 2.54 bits per heavy atom. The van der Waals surface area contributed by atoms with Crippen LogP contribution in [0.5, 0.6) is 0 Å². The van der Waals surface area contributed by atoms with Crippen molar-refractivity contribution in [2.75, 3.05) is 6.26 Å². The minimum atomic E-state index is -3.32. The van der Waals surface area contributed by atoms with Gasteiger partial charge < -0.3 is 4.98 Å². The molecule has 0 spiro atoms. The number of nitrogens with one attached hydrogen (secondary N) is 1. The minimum absolute atomic E-state index is 0.119. The molecule has 3 rings (SSSR count). The van der Waals surface area contributed by atoms with Crippen molar-refractivity contribution in [1.82, 2.24) is 4.98 Å². The average Bonchev–Trinajstić information content (AvgIpc) is 2.66. The largest absolute Gasteiger partial charge is 0.322 e. The van der Waals surface area contributed by atoms with Gasteiger partial charge in [-0.25, -0.2) is 8.42 Å². The van der Waals surface area contributed by atoms with Crippen LogP contribution < -0.4 is 5.56 Å². The minimum Gasteiger partial charge on any atom is -0.322 e. The molecule has 0 aliphatic rings. The summed E-state index contributed by atoms with van der Waals surface area (Å²) < 4.78 is 23.6. The van der Waals surface area contributed by atoms with Gasteiger partial charge >= 0.3 is 0 Å². The summed E-state index contributed by atoms with van der Waals surface area (Å²) in [5, 5.41) is 10.8. The first-order valence-electron chi connectivity index (χ1n) is 9.03. The Bertz CT molecular complexity index is 1250. The number of nitriles is 1. The molecule has 0 aliphatic carbocycles. The van der Waals surface area contributed by atoms with Crippen LogP contribution in [0.4, 0.5) is 0 Å². The highest BCUT2D eigenvalue weighted by molar-refractivity contribution is 7.90. The molecule has 0 bridgehead atoms. The van der Waals surface area contributed by atoms with Gasteiger partial charge in [0.2, 0.25) is 0 Å². The third-order valence-electron chi connectivity index (χ3n) is 5.07. The van der Waals surface area contributed by atoms with Crippen LogP contribution in [0, 0.1) is 11.3 Å². The number of aromatic amines is 1. The molecule has 0 radical (unpaired) electrons. The van der Waals surface area contributed by atoms with E-state index in [0.717, 1.165) is 22.1 Å². The summed E-state index contributed by atoms with van der Waals surface area (Å²) in [4.78, 5) is 15.3. The number of benzene rings is 2. The number of fused-ring (bicyclic) bond motifs is 1. The number of rotatable bonds is 5. The second kappa shape index (κ2) is 7.25. The van der Waals surface area contributed by atoms with Crippen molar-refractivity contribution < 1.29 is 8.42 Å². The molecule has 0 saturated carbocycles. The molecule has 1 N–H and O–H groups in total. The number of pyridine rings is 1. The number of H-pyrrole nitrogens is 1. The zero-order chi connectivity index (χ0) is 20.5. The molecular weight excluding hydrogens is 372 g/mol. The summed E-state index contributed by atoms with van der Waals surface area (Å²) in [6.45, 7) is 3.75. The Labute approximate surface area is 164 Å². The van der Waals surface area contributed by atoms with Gasteiger partial charge in [0.15, 0.2) is 9.84 Å². The van der Waals surface area contributed by atoms with E-state index in [0.29, 0.717) is 18.4 Å². The van der Waals surface area contributed by atoms with Crippen LogP contribution in [0.2, 0.25) is 0 Å². The van der Waals surface area contributed by atoms with Crippen molar-refractivity contribution in [3.05, 3.63) is 75.6 Å². The average molecular weight is 394 g/mol. The first-order valence-corrected chi connectivity index (χ1v) is 10.9. The van der Waals surface area contributed by atoms with E-state index in [1.54, 1.807) is 18.2 Å². The van der Waals surface area contributed by atoms with Gasteiger partial charge in [-0.05, 0) is 60.5 Å². The van der Waals surface area contributed by atoms with E-state index in [9.17, 15) is 18.5 Å². The first kappa shape index (κ1) is 19.8. The van der Waals surface area contributed by atoms with E-state index >= 15 is 0 Å². The molecule has 6 heteroatoms. The standard InChI is InChI=1S/C22H22N2O3S/c1-4-16-11-17-8-9-18(12-20(17)24-21(16)25)22(2,14-23)13-15-6-5-7-19(10-15)28(3,26)27/h5-12H,4,13H2,1-3H3,(H,24,25). The number of aromatic nitrogens is 1. The molecular formula is C22H22N2O3S. The maximum absolute atomic E-state index is 12.1. The first-order chi connectivity index (χ1) is 13.2. The van der Waals surface area contributed by atoms with Gasteiger partial charge in [-0.3, -0.25) is 4.79 Å². The molecule has 3 aromatic rings. The van der Waals surface area contributed by atoms with Crippen molar-refractivity contribution in [2.45, 2.75) is 37.0 Å². The summed E-state index contributed by atoms with van der Waals surface area (Å²) in [5.41, 5.74) is 1.96. The molecule has 144 valence electrons. The lowest BCUT2D eigenvalue weighted by molar-refractivity contribution is 0.597. The molecule has 2 aromatic carbocycles. The number of hydrogen-bond donors (Lipinski definition) is 1. The van der Waals surface area contributed by atoms with Crippen LogP contribution in [0.3, 0.4) is 0 Å². The molecule has 0 fully saturated rings. The lowest BCUT2D eigenvalue weighted by Gasteiger charge is -2.23. The van der Waals surface area contributed by atoms with Crippen molar-refractivity contribution in [3.63, 3.8) is 0 Å². The molecule has 0 saturated heterocycles. The zero-order valence-corrected chi connectivity index (χ0v) is 16.9. The molecule has 1 unspecified atom stereocenters. The van der Waals surface area contributed by atoms with Gasteiger partial charge in [0, 0.05) is 17.3 Å². The molecule has 0 aliphatic heterocycles. The second-order valence-corrected chi connectivity index (χ2v) is 9.34. The number of aryl methyl sites for hydroxylation is 1. The molecule has 0 amide bonds. The smallest absolute Gasteiger partial charge is 0.251 e. The fourth-order valence-electron chi connectivity index (χ4n) is 3.35. The van der Waals surface area contributed by atoms with Crippen LogP contribution in [0.25, 0.3) is 10.9 Å². The van der Waals surface area contributed by atoms with E-state index in [-0.39, 0.29) is 10.5 Å². The SMILES string of the molecule is CCc1cc2ccc(C(C)(C#N)Cc3cccc(S(C)(=O)=O)c3)cc2[nH]c1=O. The van der Waals surface area contributed by atoms with Gasteiger partial charge in [0.05, 0.1) is 16.4 Å². The Balaban J connectivity index is 2.05. The fraction of sp³-hybridized carbons (Fsp3) is 0.273. The molecule has 1 heterocycles. The summed E-state index contributed by atoms with van der Waals surface area (Å²) in [5.74, 6) is 0. The van der Waals surface area contributed by atoms with Gasteiger partial charge in [-0.15, -0.1) is 0 Å². The number of nitrogens with zero attached hydrogens (tertiary/aromatic N) is 1. The van der Waals surface area contributed by atoms with Gasteiger partial charge in [0.1, 0.15) is 0 Å². The highest BCUT2D eigenvalue weighted by atomic mass is 32.2. The Hall–Kier alpha value is -2.91.